The van der Waals surface area contributed by atoms with Gasteiger partial charge in [-0.1, -0.05) is 34.8 Å². The van der Waals surface area contributed by atoms with Crippen molar-refractivity contribution >= 4 is 34.8 Å². The molecule has 88 valence electrons. The lowest BCUT2D eigenvalue weighted by Crippen LogP contribution is -2.25. The second-order valence-corrected chi connectivity index (χ2v) is 5.10. The van der Waals surface area contributed by atoms with Crippen molar-refractivity contribution in [2.75, 3.05) is 0 Å². The van der Waals surface area contributed by atoms with Gasteiger partial charge in [-0.25, -0.2) is 0 Å². The van der Waals surface area contributed by atoms with Gasteiger partial charge in [-0.3, -0.25) is 0 Å². The molecule has 1 N–H and O–H groups in total. The maximum Gasteiger partial charge on any atom is 0.157 e. The van der Waals surface area contributed by atoms with E-state index in [1.54, 1.807) is 12.1 Å². The van der Waals surface area contributed by atoms with Gasteiger partial charge >= 0.3 is 0 Å². The molecule has 0 aromatic heterocycles. The van der Waals surface area contributed by atoms with E-state index in [1.165, 1.54) is 0 Å². The summed E-state index contributed by atoms with van der Waals surface area (Å²) in [4.78, 5) is 0. The summed E-state index contributed by atoms with van der Waals surface area (Å²) in [6, 6.07) is 3.15. The molecular formula is C11H11Cl3O2. The molecule has 1 aromatic rings. The molecule has 2 atom stereocenters. The molecule has 16 heavy (non-hydrogen) atoms. The normalized spacial score (nSPS) is 24.8. The molecular weight excluding hydrogens is 270 g/mol. The van der Waals surface area contributed by atoms with Gasteiger partial charge in [-0.2, -0.15) is 0 Å². The SMILES string of the molecule is O[C@H]1CCC[C@@H]1Oc1c(Cl)cc(Cl)cc1Cl. The Hall–Kier alpha value is -0.150. The van der Waals surface area contributed by atoms with Crippen LogP contribution < -0.4 is 4.74 Å². The van der Waals surface area contributed by atoms with Crippen LogP contribution in [-0.2, 0) is 0 Å². The Morgan fingerprint density at radius 2 is 1.75 bits per heavy atom. The van der Waals surface area contributed by atoms with Crippen molar-refractivity contribution in [3.8, 4) is 5.75 Å². The highest BCUT2D eigenvalue weighted by molar-refractivity contribution is 6.40. The Bertz CT molecular complexity index is 372. The third-order valence-electron chi connectivity index (χ3n) is 2.65. The van der Waals surface area contributed by atoms with E-state index in [0.29, 0.717) is 20.8 Å². The molecule has 1 saturated carbocycles. The fourth-order valence-electron chi connectivity index (χ4n) is 1.84. The predicted octanol–water partition coefficient (Wildman–Crippen LogP) is 3.94. The molecule has 2 rings (SSSR count). The molecule has 1 aromatic carbocycles. The molecule has 2 nitrogen and oxygen atoms in total. The van der Waals surface area contributed by atoms with Crippen LogP contribution in [0.15, 0.2) is 12.1 Å². The molecule has 0 bridgehead atoms. The van der Waals surface area contributed by atoms with E-state index in [4.69, 9.17) is 39.5 Å². The standard InChI is InChI=1S/C11H11Cl3O2/c12-6-4-7(13)11(8(14)5-6)16-10-3-1-2-9(10)15/h4-5,9-10,15H,1-3H2/t9-,10-/m0/s1. The van der Waals surface area contributed by atoms with Crippen LogP contribution in [0.25, 0.3) is 0 Å². The van der Waals surface area contributed by atoms with E-state index < -0.39 is 6.10 Å². The van der Waals surface area contributed by atoms with Crippen molar-refractivity contribution in [1.82, 2.24) is 0 Å². The van der Waals surface area contributed by atoms with Crippen molar-refractivity contribution in [3.05, 3.63) is 27.2 Å². The van der Waals surface area contributed by atoms with E-state index in [0.717, 1.165) is 19.3 Å². The van der Waals surface area contributed by atoms with Crippen molar-refractivity contribution in [3.63, 3.8) is 0 Å². The number of hydrogen-bond acceptors (Lipinski definition) is 2. The summed E-state index contributed by atoms with van der Waals surface area (Å²) in [7, 11) is 0. The van der Waals surface area contributed by atoms with Crippen LogP contribution in [0.2, 0.25) is 15.1 Å². The van der Waals surface area contributed by atoms with E-state index in [-0.39, 0.29) is 6.10 Å². The van der Waals surface area contributed by atoms with Crippen molar-refractivity contribution in [1.29, 1.82) is 0 Å². The quantitative estimate of drug-likeness (QED) is 0.890. The van der Waals surface area contributed by atoms with Gasteiger partial charge in [0, 0.05) is 5.02 Å². The molecule has 0 radical (unpaired) electrons. The zero-order valence-corrected chi connectivity index (χ0v) is 10.7. The van der Waals surface area contributed by atoms with Gasteiger partial charge in [0.2, 0.25) is 0 Å². The van der Waals surface area contributed by atoms with Gasteiger partial charge in [0.1, 0.15) is 6.10 Å². The van der Waals surface area contributed by atoms with Crippen LogP contribution in [0.1, 0.15) is 19.3 Å². The zero-order chi connectivity index (χ0) is 11.7. The molecule has 0 unspecified atom stereocenters. The minimum atomic E-state index is -0.442. The van der Waals surface area contributed by atoms with Gasteiger partial charge in [0.05, 0.1) is 16.1 Å². The minimum Gasteiger partial charge on any atom is -0.485 e. The molecule has 1 aliphatic rings. The molecule has 1 fully saturated rings. The van der Waals surface area contributed by atoms with E-state index in [9.17, 15) is 5.11 Å². The number of aliphatic hydroxyl groups is 1. The smallest absolute Gasteiger partial charge is 0.157 e. The zero-order valence-electron chi connectivity index (χ0n) is 8.42. The molecule has 1 aliphatic carbocycles. The maximum atomic E-state index is 9.65. The fourth-order valence-corrected chi connectivity index (χ4v) is 2.74. The Morgan fingerprint density at radius 1 is 1.12 bits per heavy atom. The highest BCUT2D eigenvalue weighted by atomic mass is 35.5. The summed E-state index contributed by atoms with van der Waals surface area (Å²) < 4.78 is 5.63. The van der Waals surface area contributed by atoms with Gasteiger partial charge in [0.15, 0.2) is 5.75 Å². The highest BCUT2D eigenvalue weighted by Crippen LogP contribution is 2.38. The van der Waals surface area contributed by atoms with Crippen LogP contribution in [0.4, 0.5) is 0 Å². The first kappa shape index (κ1) is 12.3. The van der Waals surface area contributed by atoms with Crippen LogP contribution in [0, 0.1) is 0 Å². The maximum absolute atomic E-state index is 9.65. The van der Waals surface area contributed by atoms with Crippen LogP contribution in [0.3, 0.4) is 0 Å². The molecule has 5 heteroatoms. The average Bonchev–Trinajstić information content (AvgIpc) is 2.57. The molecule has 0 spiro atoms. The fraction of sp³-hybridized carbons (Fsp3) is 0.455. The lowest BCUT2D eigenvalue weighted by molar-refractivity contribution is 0.0605. The number of ether oxygens (including phenoxy) is 1. The Balaban J connectivity index is 2.21. The second-order valence-electron chi connectivity index (χ2n) is 3.85. The number of benzene rings is 1. The molecule has 0 heterocycles. The second kappa shape index (κ2) is 5.01. The van der Waals surface area contributed by atoms with E-state index >= 15 is 0 Å². The van der Waals surface area contributed by atoms with E-state index in [1.807, 2.05) is 0 Å². The lowest BCUT2D eigenvalue weighted by atomic mass is 10.2. The first-order valence-corrected chi connectivity index (χ1v) is 6.20. The van der Waals surface area contributed by atoms with E-state index in [2.05, 4.69) is 0 Å². The Labute approximate surface area is 109 Å². The van der Waals surface area contributed by atoms with Crippen LogP contribution >= 0.6 is 34.8 Å². The van der Waals surface area contributed by atoms with Crippen molar-refractivity contribution in [2.24, 2.45) is 0 Å². The minimum absolute atomic E-state index is 0.226. The summed E-state index contributed by atoms with van der Waals surface area (Å²) in [5.74, 6) is 0.402. The summed E-state index contributed by atoms with van der Waals surface area (Å²) >= 11 is 17.8. The van der Waals surface area contributed by atoms with Crippen LogP contribution in [-0.4, -0.2) is 17.3 Å². The number of aliphatic hydroxyl groups excluding tert-OH is 1. The Kier molecular flexibility index (Phi) is 3.85. The third kappa shape index (κ3) is 2.57. The number of hydrogen-bond donors (Lipinski definition) is 1. The molecule has 0 saturated heterocycles. The van der Waals surface area contributed by atoms with Gasteiger partial charge in [0.25, 0.3) is 0 Å². The Morgan fingerprint density at radius 3 is 2.25 bits per heavy atom. The predicted molar refractivity (Wildman–Crippen MR) is 65.7 cm³/mol. The highest BCUT2D eigenvalue weighted by Gasteiger charge is 2.28. The van der Waals surface area contributed by atoms with Crippen molar-refractivity contribution < 1.29 is 9.84 Å². The summed E-state index contributed by atoms with van der Waals surface area (Å²) in [6.45, 7) is 0. The van der Waals surface area contributed by atoms with Gasteiger partial charge < -0.3 is 9.84 Å². The molecule has 0 aliphatic heterocycles. The monoisotopic (exact) mass is 280 g/mol. The van der Waals surface area contributed by atoms with Crippen molar-refractivity contribution in [2.45, 2.75) is 31.5 Å². The summed E-state index contributed by atoms with van der Waals surface area (Å²) in [5, 5.41) is 10.9. The molecule has 0 amide bonds. The number of rotatable bonds is 2. The van der Waals surface area contributed by atoms with Gasteiger partial charge in [-0.15, -0.1) is 0 Å². The average molecular weight is 282 g/mol. The largest absolute Gasteiger partial charge is 0.485 e. The van der Waals surface area contributed by atoms with Crippen LogP contribution in [0.5, 0.6) is 5.75 Å². The first-order valence-electron chi connectivity index (χ1n) is 5.07. The topological polar surface area (TPSA) is 29.5 Å². The number of halogens is 3. The summed E-state index contributed by atoms with van der Waals surface area (Å²) in [5.41, 5.74) is 0. The van der Waals surface area contributed by atoms with Gasteiger partial charge in [-0.05, 0) is 31.4 Å². The third-order valence-corrected chi connectivity index (χ3v) is 3.43. The summed E-state index contributed by atoms with van der Waals surface area (Å²) in [6.07, 6.45) is 1.86. The lowest BCUT2D eigenvalue weighted by Gasteiger charge is -2.19. The first-order chi connectivity index (χ1) is 7.58.